The van der Waals surface area contributed by atoms with E-state index in [1.54, 1.807) is 0 Å². The lowest BCUT2D eigenvalue weighted by Gasteiger charge is -2.07. The summed E-state index contributed by atoms with van der Waals surface area (Å²) in [7, 11) is -4.07. The third kappa shape index (κ3) is 2.61. The first kappa shape index (κ1) is 12.3. The van der Waals surface area contributed by atoms with Crippen molar-refractivity contribution in [2.75, 3.05) is 0 Å². The van der Waals surface area contributed by atoms with Crippen LogP contribution in [0, 0.1) is 6.92 Å². The highest BCUT2D eigenvalue weighted by Gasteiger charge is 2.20. The lowest BCUT2D eigenvalue weighted by atomic mass is 10.3. The molecule has 15 heavy (non-hydrogen) atoms. The molecule has 0 amide bonds. The molecule has 0 aliphatic carbocycles. The smallest absolute Gasteiger partial charge is 0.235 e. The van der Waals surface area contributed by atoms with Gasteiger partial charge in [-0.15, -0.1) is 0 Å². The Morgan fingerprint density at radius 3 is 2.47 bits per heavy atom. The van der Waals surface area contributed by atoms with Crippen molar-refractivity contribution in [2.24, 2.45) is 5.14 Å². The molecule has 1 rings (SSSR count). The number of hydrogen-bond acceptors (Lipinski definition) is 3. The van der Waals surface area contributed by atoms with Gasteiger partial charge in [0.25, 0.3) is 6.43 Å². The van der Waals surface area contributed by atoms with Crippen molar-refractivity contribution >= 4 is 21.6 Å². The molecular formula is C7H7ClF2N2O2S. The van der Waals surface area contributed by atoms with Crippen molar-refractivity contribution in [3.05, 3.63) is 22.5 Å². The quantitative estimate of drug-likeness (QED) is 0.818. The summed E-state index contributed by atoms with van der Waals surface area (Å²) in [6, 6.07) is 0.723. The average molecular weight is 257 g/mol. The molecule has 8 heteroatoms. The summed E-state index contributed by atoms with van der Waals surface area (Å²) in [6.07, 6.45) is -2.90. The van der Waals surface area contributed by atoms with Crippen molar-refractivity contribution in [3.8, 4) is 0 Å². The number of pyridine rings is 1. The molecule has 0 saturated heterocycles. The Labute approximate surface area is 90.1 Å². The van der Waals surface area contributed by atoms with Crippen LogP contribution in [0.5, 0.6) is 0 Å². The summed E-state index contributed by atoms with van der Waals surface area (Å²) < 4.78 is 46.6. The van der Waals surface area contributed by atoms with Crippen molar-refractivity contribution in [1.82, 2.24) is 4.98 Å². The van der Waals surface area contributed by atoms with E-state index in [0.29, 0.717) is 0 Å². The van der Waals surface area contributed by atoms with Crippen LogP contribution in [-0.2, 0) is 10.0 Å². The number of halogens is 3. The second kappa shape index (κ2) is 3.99. The molecule has 0 saturated carbocycles. The van der Waals surface area contributed by atoms with Crippen molar-refractivity contribution in [2.45, 2.75) is 18.2 Å². The summed E-state index contributed by atoms with van der Waals surface area (Å²) in [5.41, 5.74) is -0.654. The maximum atomic E-state index is 12.3. The minimum Gasteiger partial charge on any atom is -0.235 e. The van der Waals surface area contributed by atoms with Crippen LogP contribution in [0.1, 0.15) is 17.7 Å². The number of nitrogens with zero attached hydrogens (tertiary/aromatic N) is 1. The number of primary sulfonamides is 1. The molecule has 0 radical (unpaired) electrons. The first-order valence-corrected chi connectivity index (χ1v) is 5.64. The van der Waals surface area contributed by atoms with E-state index in [9.17, 15) is 17.2 Å². The van der Waals surface area contributed by atoms with E-state index in [-0.39, 0.29) is 10.7 Å². The van der Waals surface area contributed by atoms with Gasteiger partial charge in [0.15, 0.2) is 0 Å². The maximum Gasteiger partial charge on any atom is 0.280 e. The predicted molar refractivity (Wildman–Crippen MR) is 50.3 cm³/mol. The highest BCUT2D eigenvalue weighted by molar-refractivity contribution is 7.89. The first-order valence-electron chi connectivity index (χ1n) is 3.71. The van der Waals surface area contributed by atoms with Gasteiger partial charge in [-0.25, -0.2) is 27.3 Å². The molecule has 84 valence electrons. The molecule has 4 nitrogen and oxygen atoms in total. The van der Waals surface area contributed by atoms with Crippen molar-refractivity contribution < 1.29 is 17.2 Å². The fourth-order valence-electron chi connectivity index (χ4n) is 0.981. The monoisotopic (exact) mass is 256 g/mol. The second-order valence-corrected chi connectivity index (χ2v) is 4.69. The molecule has 0 aliphatic heterocycles. The number of rotatable bonds is 2. The highest BCUT2D eigenvalue weighted by atomic mass is 35.5. The number of hydrogen-bond donors (Lipinski definition) is 1. The SMILES string of the molecule is Cc1c(S(N)(=O)=O)cc(C(F)F)nc1Cl. The lowest BCUT2D eigenvalue weighted by Crippen LogP contribution is -2.15. The predicted octanol–water partition coefficient (Wildman–Crippen LogP) is 1.63. The molecule has 0 spiro atoms. The van der Waals surface area contributed by atoms with Crippen LogP contribution in [0.25, 0.3) is 0 Å². The average Bonchev–Trinajstić information content (AvgIpc) is 2.06. The van der Waals surface area contributed by atoms with Gasteiger partial charge in [0, 0.05) is 5.56 Å². The van der Waals surface area contributed by atoms with Crippen LogP contribution >= 0.6 is 11.6 Å². The first-order chi connectivity index (χ1) is 6.73. The van der Waals surface area contributed by atoms with Crippen LogP contribution in [0.4, 0.5) is 8.78 Å². The number of nitrogens with two attached hydrogens (primary N) is 1. The maximum absolute atomic E-state index is 12.3. The minimum absolute atomic E-state index is 0.0589. The zero-order chi connectivity index (χ0) is 11.8. The molecule has 0 fully saturated rings. The number of sulfonamides is 1. The Hall–Kier alpha value is -0.790. The molecule has 0 aliphatic rings. The molecular weight excluding hydrogens is 250 g/mol. The Morgan fingerprint density at radius 1 is 1.53 bits per heavy atom. The van der Waals surface area contributed by atoms with E-state index in [1.165, 1.54) is 6.92 Å². The molecule has 0 bridgehead atoms. The molecule has 2 N–H and O–H groups in total. The molecule has 1 heterocycles. The standard InChI is InChI=1S/C7H7ClF2N2O2S/c1-3-5(15(11,13)14)2-4(7(9)10)12-6(3)8/h2,7H,1H3,(H2,11,13,14). The third-order valence-corrected chi connectivity index (χ3v) is 3.12. The Morgan fingerprint density at radius 2 is 2.07 bits per heavy atom. The van der Waals surface area contributed by atoms with Crippen LogP contribution in [0.3, 0.4) is 0 Å². The van der Waals surface area contributed by atoms with Gasteiger partial charge in [0.2, 0.25) is 10.0 Å². The second-order valence-electron chi connectivity index (χ2n) is 2.81. The molecule has 1 aromatic rings. The number of alkyl halides is 2. The van der Waals surface area contributed by atoms with Gasteiger partial charge in [0.05, 0.1) is 4.90 Å². The van der Waals surface area contributed by atoms with Gasteiger partial charge < -0.3 is 0 Å². The van der Waals surface area contributed by atoms with E-state index < -0.39 is 27.0 Å². The van der Waals surface area contributed by atoms with Gasteiger partial charge in [-0.05, 0) is 13.0 Å². The zero-order valence-electron chi connectivity index (χ0n) is 7.54. The molecule has 0 unspecified atom stereocenters. The van der Waals surface area contributed by atoms with E-state index in [2.05, 4.69) is 4.98 Å². The van der Waals surface area contributed by atoms with Gasteiger partial charge in [-0.1, -0.05) is 11.6 Å². The van der Waals surface area contributed by atoms with Crippen LogP contribution in [-0.4, -0.2) is 13.4 Å². The largest absolute Gasteiger partial charge is 0.280 e. The van der Waals surface area contributed by atoms with E-state index in [0.717, 1.165) is 6.07 Å². The van der Waals surface area contributed by atoms with Gasteiger partial charge in [-0.2, -0.15) is 0 Å². The van der Waals surface area contributed by atoms with Crippen molar-refractivity contribution in [3.63, 3.8) is 0 Å². The van der Waals surface area contributed by atoms with E-state index in [1.807, 2.05) is 0 Å². The summed E-state index contributed by atoms with van der Waals surface area (Å²) in [5.74, 6) is 0. The molecule has 0 atom stereocenters. The van der Waals surface area contributed by atoms with Gasteiger partial charge in [-0.3, -0.25) is 0 Å². The Balaban J connectivity index is 3.52. The number of aromatic nitrogens is 1. The molecule has 1 aromatic heterocycles. The summed E-state index contributed by atoms with van der Waals surface area (Å²) in [5, 5.41) is 4.54. The Bertz CT molecular complexity index is 490. The molecule has 0 aromatic carbocycles. The summed E-state index contributed by atoms with van der Waals surface area (Å²) in [4.78, 5) is 2.91. The fourth-order valence-corrected chi connectivity index (χ4v) is 2.04. The van der Waals surface area contributed by atoms with E-state index in [4.69, 9.17) is 16.7 Å². The third-order valence-electron chi connectivity index (χ3n) is 1.72. The summed E-state index contributed by atoms with van der Waals surface area (Å²) in [6.45, 7) is 1.34. The van der Waals surface area contributed by atoms with E-state index >= 15 is 0 Å². The van der Waals surface area contributed by atoms with Crippen molar-refractivity contribution in [1.29, 1.82) is 0 Å². The Kier molecular flexibility index (Phi) is 3.27. The van der Waals surface area contributed by atoms with Crippen LogP contribution in [0.15, 0.2) is 11.0 Å². The topological polar surface area (TPSA) is 73.1 Å². The summed E-state index contributed by atoms with van der Waals surface area (Å²) >= 11 is 5.50. The normalized spacial score (nSPS) is 12.1. The van der Waals surface area contributed by atoms with Gasteiger partial charge in [0.1, 0.15) is 10.8 Å². The lowest BCUT2D eigenvalue weighted by molar-refractivity contribution is 0.145. The minimum atomic E-state index is -4.07. The highest BCUT2D eigenvalue weighted by Crippen LogP contribution is 2.26. The van der Waals surface area contributed by atoms with Crippen LogP contribution < -0.4 is 5.14 Å². The fraction of sp³-hybridized carbons (Fsp3) is 0.286. The van der Waals surface area contributed by atoms with Gasteiger partial charge >= 0.3 is 0 Å². The van der Waals surface area contributed by atoms with Crippen LogP contribution in [0.2, 0.25) is 5.15 Å². The zero-order valence-corrected chi connectivity index (χ0v) is 9.11.